The summed E-state index contributed by atoms with van der Waals surface area (Å²) >= 11 is 0. The van der Waals surface area contributed by atoms with Crippen molar-refractivity contribution in [1.82, 2.24) is 41.7 Å². The molecule has 0 aliphatic carbocycles. The number of aromatic hydroxyl groups is 10. The molecule has 0 aliphatic heterocycles. The molecule has 8 amide bonds. The van der Waals surface area contributed by atoms with Gasteiger partial charge in [-0.15, -0.1) is 0 Å². The van der Waals surface area contributed by atoms with E-state index in [-0.39, 0.29) is 198 Å². The minimum absolute atomic E-state index is 0. The molecule has 5 rings (SSSR count). The van der Waals surface area contributed by atoms with E-state index in [0.29, 0.717) is 117 Å². The van der Waals surface area contributed by atoms with Crippen molar-refractivity contribution in [2.75, 3.05) is 92.2 Å². The number of esters is 7. The molecule has 41 heteroatoms. The van der Waals surface area contributed by atoms with E-state index in [0.717, 1.165) is 48.6 Å². The van der Waals surface area contributed by atoms with Gasteiger partial charge in [0, 0.05) is 102 Å². The highest BCUT2D eigenvalue weighted by atomic mass is 16.6. The lowest BCUT2D eigenvalue weighted by atomic mass is 9.90. The lowest BCUT2D eigenvalue weighted by molar-refractivity contribution is -0.149. The molecule has 5 atom stereocenters. The lowest BCUT2D eigenvalue weighted by Gasteiger charge is -2.35. The molecule has 0 bridgehead atoms. The monoisotopic (exact) mass is 2050 g/mol. The predicted molar refractivity (Wildman–Crippen MR) is 549 cm³/mol. The first-order valence-corrected chi connectivity index (χ1v) is 44.2. The smallest absolute Gasteiger partial charge is 0.333 e. The molecule has 0 spiro atoms. The summed E-state index contributed by atoms with van der Waals surface area (Å²) < 4.78 is 39.7. The van der Waals surface area contributed by atoms with Gasteiger partial charge >= 0.3 is 41.8 Å². The highest BCUT2D eigenvalue weighted by Gasteiger charge is 2.38. The Labute approximate surface area is 854 Å². The number of carbonyl (C=O) groups is 15. The Morgan fingerprint density at radius 1 is 0.349 bits per heavy atom. The molecule has 146 heavy (non-hydrogen) atoms. The highest BCUT2D eigenvalue weighted by Crippen LogP contribution is 2.31. The zero-order valence-electron chi connectivity index (χ0n) is 79.8. The van der Waals surface area contributed by atoms with Gasteiger partial charge in [-0.2, -0.15) is 0 Å². The summed E-state index contributed by atoms with van der Waals surface area (Å²) in [5.41, 5.74) is 1.76. The second-order valence-corrected chi connectivity index (χ2v) is 30.5. The standard InChI is InChI=1S/C22H30N2O6.C21H28N2O6.C19H24N2O6.C19H25NO8.C19H23NO7.5CH4/c1-5-19(27)23-22(4,15-16-10-11-17(25)18(26)14-16)21(29)24(7-3)12-8-9-13-30-20(28)6-2;1-4-19(26)22-16(13-15-9-10-17(24)18(25)14-15)21(28)23(6-3)11-7-8-12-29-20(27)5-2;1-3-17(24)21-14(11-13-7-8-15(22)16(23)12-13)19(26)20-9-5-6-10-27-18(25)4-2;1-12(2)18(24)27-8-6-26-7-9-28-19(25)15(20-13(3)21)10-14-4-5-16(22)17(23)11-14;1-3-17(23)20-14(11-13-7-8-15(21)16(22)12-13)19(25)27-10-6-5-9-26-18(24)4-2;;;;;/h5-6,10-11,14,25-26H,1-2,7-9,12-13,15H2,3-4H3,(H,23,27);4-5,9-10,14,16,24-25H,1-2,6-8,11-13H2,3H3,(H,22,26);3-4,7-8,12,14,22-23H,1-2,5-6,9-11H2,(H,20,26)(H,21,24);4-5,11,15,22-23H,1,6-10H2,2-3H3,(H,20,21);3-4,7-8,12,14,21-22H,1-2,5-6,9-11H2,(H,20,23);5*1H4. The Morgan fingerprint density at radius 2 is 0.651 bits per heavy atom. The molecule has 0 radical (unpaired) electrons. The number of unbranched alkanes of at least 4 members (excludes halogenated alkanes) is 4. The van der Waals surface area contributed by atoms with Gasteiger partial charge in [0.15, 0.2) is 57.5 Å². The van der Waals surface area contributed by atoms with Crippen LogP contribution in [0.1, 0.15) is 151 Å². The summed E-state index contributed by atoms with van der Waals surface area (Å²) in [5, 5.41) is 111. The van der Waals surface area contributed by atoms with Crippen molar-refractivity contribution in [2.45, 2.75) is 185 Å². The predicted octanol–water partition coefficient (Wildman–Crippen LogP) is 10.0. The van der Waals surface area contributed by atoms with Crippen LogP contribution in [0.4, 0.5) is 0 Å². The number of rotatable bonds is 57. The van der Waals surface area contributed by atoms with E-state index in [2.05, 4.69) is 91.1 Å². The van der Waals surface area contributed by atoms with Crippen LogP contribution in [0.15, 0.2) is 204 Å². The topological polar surface area (TPSA) is 611 Å². The normalized spacial score (nSPS) is 11.0. The molecular weight excluding hydrogens is 1900 g/mol. The van der Waals surface area contributed by atoms with Crippen LogP contribution in [-0.4, -0.2) is 272 Å². The van der Waals surface area contributed by atoms with Crippen molar-refractivity contribution in [2.24, 2.45) is 0 Å². The second kappa shape index (κ2) is 77.4. The molecular formula is C105H150N8O33. The SMILES string of the molecule is C.C.C.C.C.C=C(C)C(=O)OCCOCCOC(=O)C(Cc1ccc(O)c(O)c1)NC(C)=O.C=CC(=O)NC(C)(Cc1ccc(O)c(O)c1)C(=O)N(CC)CCCCOC(=O)C=C.C=CC(=O)NC(Cc1ccc(O)c(O)c1)C(=O)N(CC)CCCCOC(=O)C=C.C=CC(=O)NC(Cc1ccc(O)c(O)c1)C(=O)NCCCCOC(=O)C=C.C=CC(=O)NC(Cc1ccc(O)c(O)c1)C(=O)OCCCCOC(=O)C=C. The summed E-state index contributed by atoms with van der Waals surface area (Å²) in [5.74, 6) is -10.2. The number of amides is 8. The fourth-order valence-electron chi connectivity index (χ4n) is 11.9. The summed E-state index contributed by atoms with van der Waals surface area (Å²) in [6.07, 6.45) is 13.6. The van der Waals surface area contributed by atoms with Gasteiger partial charge in [-0.25, -0.2) is 33.6 Å². The molecule has 0 saturated carbocycles. The Hall–Kier alpha value is -16.2. The van der Waals surface area contributed by atoms with E-state index >= 15 is 0 Å². The van der Waals surface area contributed by atoms with Gasteiger partial charge in [-0.1, -0.05) is 127 Å². The van der Waals surface area contributed by atoms with Gasteiger partial charge in [0.1, 0.15) is 42.9 Å². The van der Waals surface area contributed by atoms with Crippen molar-refractivity contribution in [3.8, 4) is 57.5 Å². The number of ether oxygens (including phenoxy) is 8. The average molecular weight is 2050 g/mol. The van der Waals surface area contributed by atoms with E-state index in [1.54, 1.807) is 34.9 Å². The molecule has 16 N–H and O–H groups in total. The molecule has 0 fully saturated rings. The van der Waals surface area contributed by atoms with Crippen LogP contribution < -0.4 is 31.9 Å². The maximum Gasteiger partial charge on any atom is 0.333 e. The number of hydrogen-bond donors (Lipinski definition) is 16. The van der Waals surface area contributed by atoms with E-state index in [9.17, 15) is 123 Å². The fraction of sp³-hybridized carbons (Fsp3) is 0.400. The van der Waals surface area contributed by atoms with E-state index < -0.39 is 107 Å². The molecule has 5 unspecified atom stereocenters. The number of nitrogens with one attached hydrogen (secondary N) is 6. The number of likely N-dealkylation sites (N-methyl/N-ethyl adjacent to an activating group) is 2. The van der Waals surface area contributed by atoms with Crippen molar-refractivity contribution in [3.05, 3.63) is 232 Å². The molecule has 5 aromatic carbocycles. The van der Waals surface area contributed by atoms with Gasteiger partial charge in [-0.05, 0) is 192 Å². The summed E-state index contributed by atoms with van der Waals surface area (Å²) in [7, 11) is 0. The largest absolute Gasteiger partial charge is 0.504 e. The molecule has 0 aromatic heterocycles. The first-order valence-electron chi connectivity index (χ1n) is 44.2. The molecule has 0 saturated heterocycles. The van der Waals surface area contributed by atoms with Crippen LogP contribution in [0.5, 0.6) is 57.5 Å². The third-order valence-corrected chi connectivity index (χ3v) is 19.2. The van der Waals surface area contributed by atoms with Crippen LogP contribution >= 0.6 is 0 Å². The zero-order chi connectivity index (χ0) is 106. The number of nitrogens with zero attached hydrogens (tertiary/aromatic N) is 2. The van der Waals surface area contributed by atoms with Crippen molar-refractivity contribution >= 4 is 89.0 Å². The van der Waals surface area contributed by atoms with E-state index in [4.69, 9.17) is 37.9 Å². The summed E-state index contributed by atoms with van der Waals surface area (Å²) in [4.78, 5) is 180. The van der Waals surface area contributed by atoms with Crippen LogP contribution in [0.3, 0.4) is 0 Å². The average Bonchev–Trinajstić information content (AvgIpc) is 0.802. The van der Waals surface area contributed by atoms with E-state index in [1.165, 1.54) is 86.6 Å². The van der Waals surface area contributed by atoms with Gasteiger partial charge in [0.2, 0.25) is 47.3 Å². The minimum atomic E-state index is -1.29. The third-order valence-electron chi connectivity index (χ3n) is 19.2. The number of phenols is 10. The number of benzene rings is 5. The Balaban J connectivity index is -0.000000563. The highest BCUT2D eigenvalue weighted by molar-refractivity contribution is 5.96. The first kappa shape index (κ1) is 138. The molecule has 5 aromatic rings. The zero-order valence-corrected chi connectivity index (χ0v) is 79.8. The lowest BCUT2D eigenvalue weighted by Crippen LogP contribution is -2.59. The van der Waals surface area contributed by atoms with Crippen molar-refractivity contribution in [1.29, 1.82) is 0 Å². The van der Waals surface area contributed by atoms with Crippen LogP contribution in [0, 0.1) is 0 Å². The van der Waals surface area contributed by atoms with Gasteiger partial charge < -0.3 is 131 Å². The fourth-order valence-corrected chi connectivity index (χ4v) is 11.9. The van der Waals surface area contributed by atoms with Gasteiger partial charge in [-0.3, -0.25) is 38.4 Å². The van der Waals surface area contributed by atoms with Gasteiger partial charge in [0.25, 0.3) is 0 Å². The maximum atomic E-state index is 13.3. The molecule has 41 nitrogen and oxygen atoms in total. The molecule has 808 valence electrons. The Morgan fingerprint density at radius 3 is 1.00 bits per heavy atom. The van der Waals surface area contributed by atoms with Crippen LogP contribution in [-0.2, 0) is 142 Å². The number of carbonyl (C=O) groups excluding carboxylic acids is 15. The van der Waals surface area contributed by atoms with Crippen LogP contribution in [0.25, 0.3) is 0 Å². The maximum absolute atomic E-state index is 13.3. The van der Waals surface area contributed by atoms with Gasteiger partial charge in [0.05, 0.1) is 46.2 Å². The molecule has 0 heterocycles. The van der Waals surface area contributed by atoms with E-state index in [1.807, 2.05) is 13.8 Å². The van der Waals surface area contributed by atoms with Crippen molar-refractivity contribution in [3.63, 3.8) is 0 Å². The second-order valence-electron chi connectivity index (χ2n) is 30.5. The first-order chi connectivity index (χ1) is 66.9. The number of hydrogen-bond acceptors (Lipinski definition) is 33. The van der Waals surface area contributed by atoms with Crippen molar-refractivity contribution < 1.29 is 161 Å². The summed E-state index contributed by atoms with van der Waals surface area (Å²) in [6, 6.07) is 17.2. The minimum Gasteiger partial charge on any atom is -0.504 e. The number of phenolic OH excluding ortho intramolecular Hbond substituents is 10. The Kier molecular flexibility index (Phi) is 73.3. The quantitative estimate of drug-likeness (QED) is 0.00565. The summed E-state index contributed by atoms with van der Waals surface area (Å²) in [6.45, 7) is 41.5. The third kappa shape index (κ3) is 57.6. The molecule has 0 aliphatic rings. The van der Waals surface area contributed by atoms with Crippen LogP contribution in [0.2, 0.25) is 0 Å². The Bertz CT molecular complexity index is 4970.